The lowest BCUT2D eigenvalue weighted by atomic mass is 9.81. The molecule has 1 aliphatic heterocycles. The number of hydrogen-bond acceptors (Lipinski definition) is 3. The van der Waals surface area contributed by atoms with Crippen LogP contribution in [-0.4, -0.2) is 23.8 Å². The predicted molar refractivity (Wildman–Crippen MR) is 40.2 cm³/mol. The molecule has 0 aromatic carbocycles. The summed E-state index contributed by atoms with van der Waals surface area (Å²) in [5, 5.41) is 9.74. The molecule has 0 aromatic heterocycles. The Morgan fingerprint density at radius 2 is 2.00 bits per heavy atom. The summed E-state index contributed by atoms with van der Waals surface area (Å²) in [7, 11) is 0. The highest BCUT2D eigenvalue weighted by Gasteiger charge is 2.60. The Hall–Kier alpha value is -0.570. The number of cyclic esters (lactones) is 1. The summed E-state index contributed by atoms with van der Waals surface area (Å²) >= 11 is 0. The van der Waals surface area contributed by atoms with Crippen molar-refractivity contribution in [2.45, 2.75) is 18.9 Å². The summed E-state index contributed by atoms with van der Waals surface area (Å²) in [5.74, 6) is 0.887. The van der Waals surface area contributed by atoms with Crippen molar-refractivity contribution in [1.82, 2.24) is 0 Å². The molecule has 0 aromatic rings. The molecular weight excluding hydrogens is 156 g/mol. The van der Waals surface area contributed by atoms with Crippen LogP contribution in [0, 0.1) is 23.7 Å². The Balaban J connectivity index is 1.98. The van der Waals surface area contributed by atoms with Crippen LogP contribution in [0.3, 0.4) is 0 Å². The van der Waals surface area contributed by atoms with Crippen LogP contribution in [0.1, 0.15) is 12.8 Å². The molecule has 0 unspecified atom stereocenters. The standard InChI is InChI=1S/C9H12O3/c10-8-4-1-2-5(8)7-6(4)3-12-9(7)11/h4-8,10H,1-3H2/t4-,5+,6+,7-,8-/m1/s1. The van der Waals surface area contributed by atoms with Gasteiger partial charge in [-0.2, -0.15) is 0 Å². The van der Waals surface area contributed by atoms with Crippen molar-refractivity contribution in [3.63, 3.8) is 0 Å². The van der Waals surface area contributed by atoms with E-state index in [1.165, 1.54) is 0 Å². The molecule has 1 heterocycles. The van der Waals surface area contributed by atoms with E-state index in [1.807, 2.05) is 0 Å². The predicted octanol–water partition coefficient (Wildman–Crippen LogP) is 0.176. The van der Waals surface area contributed by atoms with E-state index in [2.05, 4.69) is 0 Å². The first kappa shape index (κ1) is 6.89. The number of ether oxygens (including phenoxy) is 1. The van der Waals surface area contributed by atoms with Crippen LogP contribution in [0.4, 0.5) is 0 Å². The number of carbonyl (C=O) groups is 1. The van der Waals surface area contributed by atoms with Gasteiger partial charge in [-0.25, -0.2) is 0 Å². The smallest absolute Gasteiger partial charge is 0.309 e. The molecule has 3 rings (SSSR count). The van der Waals surface area contributed by atoms with Crippen LogP contribution >= 0.6 is 0 Å². The molecule has 0 amide bonds. The van der Waals surface area contributed by atoms with Gasteiger partial charge in [-0.15, -0.1) is 0 Å². The van der Waals surface area contributed by atoms with E-state index in [0.29, 0.717) is 18.4 Å². The lowest BCUT2D eigenvalue weighted by Gasteiger charge is -2.18. The number of esters is 1. The second kappa shape index (κ2) is 2.02. The molecule has 5 atom stereocenters. The van der Waals surface area contributed by atoms with Crippen LogP contribution in [0.25, 0.3) is 0 Å². The maximum Gasteiger partial charge on any atom is 0.309 e. The van der Waals surface area contributed by atoms with Crippen LogP contribution in [0.15, 0.2) is 0 Å². The number of rotatable bonds is 0. The van der Waals surface area contributed by atoms with E-state index in [-0.39, 0.29) is 23.9 Å². The third-order valence-electron chi connectivity index (χ3n) is 3.87. The Labute approximate surface area is 70.7 Å². The third-order valence-corrected chi connectivity index (χ3v) is 3.87. The topological polar surface area (TPSA) is 46.5 Å². The normalized spacial score (nSPS) is 55.8. The minimum absolute atomic E-state index is 0.0405. The van der Waals surface area contributed by atoms with Gasteiger partial charge in [-0.05, 0) is 24.7 Å². The maximum absolute atomic E-state index is 11.3. The van der Waals surface area contributed by atoms with Gasteiger partial charge in [0.15, 0.2) is 0 Å². The first-order chi connectivity index (χ1) is 5.79. The molecule has 2 aliphatic carbocycles. The van der Waals surface area contributed by atoms with Gasteiger partial charge in [0.2, 0.25) is 0 Å². The number of aliphatic hydroxyl groups is 1. The molecular formula is C9H12O3. The van der Waals surface area contributed by atoms with Crippen molar-refractivity contribution in [2.75, 3.05) is 6.61 Å². The Bertz CT molecular complexity index is 236. The Kier molecular flexibility index (Phi) is 1.16. The molecule has 0 radical (unpaired) electrons. The highest BCUT2D eigenvalue weighted by molar-refractivity contribution is 5.76. The van der Waals surface area contributed by atoms with Gasteiger partial charge in [0, 0.05) is 5.92 Å². The summed E-state index contributed by atoms with van der Waals surface area (Å²) < 4.78 is 5.00. The SMILES string of the molecule is O=C1OC[C@H]2[C@H]3CC[C@H]([C@@H]3O)[C@@H]12. The number of fused-ring (bicyclic) bond motifs is 5. The van der Waals surface area contributed by atoms with Crippen molar-refractivity contribution in [3.05, 3.63) is 0 Å². The van der Waals surface area contributed by atoms with Gasteiger partial charge >= 0.3 is 5.97 Å². The second-order valence-electron chi connectivity index (χ2n) is 4.22. The molecule has 3 heteroatoms. The fraction of sp³-hybridized carbons (Fsp3) is 0.889. The summed E-state index contributed by atoms with van der Waals surface area (Å²) in [4.78, 5) is 11.3. The zero-order valence-electron chi connectivity index (χ0n) is 6.77. The lowest BCUT2D eigenvalue weighted by molar-refractivity contribution is -0.143. The van der Waals surface area contributed by atoms with Gasteiger partial charge in [0.25, 0.3) is 0 Å². The van der Waals surface area contributed by atoms with E-state index in [0.717, 1.165) is 12.8 Å². The van der Waals surface area contributed by atoms with E-state index >= 15 is 0 Å². The maximum atomic E-state index is 11.3. The minimum atomic E-state index is -0.215. The van der Waals surface area contributed by atoms with Crippen molar-refractivity contribution < 1.29 is 14.6 Å². The summed E-state index contributed by atoms with van der Waals surface area (Å²) in [6.45, 7) is 0.557. The number of aliphatic hydroxyl groups excluding tert-OH is 1. The van der Waals surface area contributed by atoms with Gasteiger partial charge in [-0.3, -0.25) is 4.79 Å². The van der Waals surface area contributed by atoms with Crippen LogP contribution in [0.5, 0.6) is 0 Å². The Morgan fingerprint density at radius 1 is 1.25 bits per heavy atom. The number of hydrogen-bond donors (Lipinski definition) is 1. The highest BCUT2D eigenvalue weighted by Crippen LogP contribution is 2.54. The van der Waals surface area contributed by atoms with E-state index < -0.39 is 0 Å². The van der Waals surface area contributed by atoms with Gasteiger partial charge in [-0.1, -0.05) is 0 Å². The summed E-state index contributed by atoms with van der Waals surface area (Å²) in [6.07, 6.45) is 1.89. The monoisotopic (exact) mass is 168 g/mol. The molecule has 2 bridgehead atoms. The molecule has 3 nitrogen and oxygen atoms in total. The van der Waals surface area contributed by atoms with Crippen LogP contribution in [0.2, 0.25) is 0 Å². The highest BCUT2D eigenvalue weighted by atomic mass is 16.5. The molecule has 3 aliphatic rings. The van der Waals surface area contributed by atoms with Crippen molar-refractivity contribution in [2.24, 2.45) is 23.7 Å². The first-order valence-corrected chi connectivity index (χ1v) is 4.64. The van der Waals surface area contributed by atoms with E-state index in [4.69, 9.17) is 4.74 Å². The van der Waals surface area contributed by atoms with Crippen molar-refractivity contribution >= 4 is 5.97 Å². The average Bonchev–Trinajstić information content (AvgIpc) is 2.66. The van der Waals surface area contributed by atoms with Crippen LogP contribution in [-0.2, 0) is 9.53 Å². The molecule has 3 fully saturated rings. The fourth-order valence-electron chi connectivity index (χ4n) is 3.34. The summed E-state index contributed by atoms with van der Waals surface area (Å²) in [5.41, 5.74) is 0. The fourth-order valence-corrected chi connectivity index (χ4v) is 3.34. The van der Waals surface area contributed by atoms with Gasteiger partial charge < -0.3 is 9.84 Å². The van der Waals surface area contributed by atoms with Gasteiger partial charge in [0.1, 0.15) is 0 Å². The van der Waals surface area contributed by atoms with Crippen molar-refractivity contribution in [1.29, 1.82) is 0 Å². The quantitative estimate of drug-likeness (QED) is 0.525. The Morgan fingerprint density at radius 3 is 2.75 bits per heavy atom. The largest absolute Gasteiger partial charge is 0.465 e. The van der Waals surface area contributed by atoms with Crippen LogP contribution < -0.4 is 0 Å². The van der Waals surface area contributed by atoms with Gasteiger partial charge in [0.05, 0.1) is 18.6 Å². The molecule has 66 valence electrons. The zero-order valence-corrected chi connectivity index (χ0v) is 6.77. The minimum Gasteiger partial charge on any atom is -0.465 e. The third kappa shape index (κ3) is 0.600. The van der Waals surface area contributed by atoms with Crippen molar-refractivity contribution in [3.8, 4) is 0 Å². The molecule has 0 spiro atoms. The average molecular weight is 168 g/mol. The molecule has 12 heavy (non-hydrogen) atoms. The first-order valence-electron chi connectivity index (χ1n) is 4.64. The summed E-state index contributed by atoms with van der Waals surface area (Å²) in [6, 6.07) is 0. The second-order valence-corrected chi connectivity index (χ2v) is 4.22. The molecule has 1 saturated heterocycles. The zero-order chi connectivity index (χ0) is 8.29. The molecule has 1 N–H and O–H groups in total. The lowest BCUT2D eigenvalue weighted by Crippen LogP contribution is -2.23. The number of carbonyl (C=O) groups excluding carboxylic acids is 1. The molecule has 2 saturated carbocycles. The van der Waals surface area contributed by atoms with E-state index in [1.54, 1.807) is 0 Å². The van der Waals surface area contributed by atoms with E-state index in [9.17, 15) is 9.90 Å².